The number of hydrogen-bond acceptors (Lipinski definition) is 10. The minimum absolute atomic E-state index is 0.171. The molecule has 0 aromatic carbocycles. The number of nitrogens with one attached hydrogen (secondary N) is 2. The predicted octanol–water partition coefficient (Wildman–Crippen LogP) is 0.350. The van der Waals surface area contributed by atoms with Crippen molar-refractivity contribution in [1.82, 2.24) is 15.5 Å². The van der Waals surface area contributed by atoms with E-state index in [1.165, 1.54) is 18.2 Å². The zero-order chi connectivity index (χ0) is 28.2. The third-order valence-corrected chi connectivity index (χ3v) is 10.5. The molecule has 0 spiro atoms. The second kappa shape index (κ2) is 14.1. The van der Waals surface area contributed by atoms with Crippen LogP contribution >= 0.6 is 11.8 Å². The lowest BCUT2D eigenvalue weighted by Crippen LogP contribution is -2.64. The summed E-state index contributed by atoms with van der Waals surface area (Å²) in [5.74, 6) is 2.30. The average Bonchev–Trinajstić information content (AvgIpc) is 3.22. The molecule has 40 heavy (non-hydrogen) atoms. The fraction of sp³-hybridized carbons (Fsp3) is 0.897. The summed E-state index contributed by atoms with van der Waals surface area (Å²) in [6.45, 7) is 10.0. The zero-order valence-electron chi connectivity index (χ0n) is 23.9. The minimum Gasteiger partial charge on any atom is -0.388 e. The highest BCUT2D eigenvalue weighted by atomic mass is 32.2. The van der Waals surface area contributed by atoms with E-state index >= 15 is 0 Å². The number of fused-ring (bicyclic) bond motifs is 3. The number of aliphatic hydroxyl groups is 3. The normalized spacial score (nSPS) is 44.0. The van der Waals surface area contributed by atoms with Crippen LogP contribution < -0.4 is 10.6 Å². The maximum atomic E-state index is 13.7. The number of rotatable bonds is 6. The van der Waals surface area contributed by atoms with Crippen LogP contribution in [-0.2, 0) is 19.0 Å². The Morgan fingerprint density at radius 3 is 2.70 bits per heavy atom. The molecule has 0 aliphatic carbocycles. The van der Waals surface area contributed by atoms with Gasteiger partial charge in [0, 0.05) is 38.5 Å². The fourth-order valence-electron chi connectivity index (χ4n) is 7.08. The highest BCUT2D eigenvalue weighted by Gasteiger charge is 2.49. The maximum Gasteiger partial charge on any atom is 0.240 e. The highest BCUT2D eigenvalue weighted by Crippen LogP contribution is 2.35. The first-order valence-electron chi connectivity index (χ1n) is 15.2. The first-order chi connectivity index (χ1) is 19.3. The van der Waals surface area contributed by atoms with E-state index in [9.17, 15) is 20.1 Å². The van der Waals surface area contributed by atoms with Crippen molar-refractivity contribution in [3.63, 3.8) is 0 Å². The van der Waals surface area contributed by atoms with Crippen molar-refractivity contribution in [3.8, 4) is 0 Å². The van der Waals surface area contributed by atoms with Gasteiger partial charge in [0.1, 0.15) is 35.9 Å². The molecule has 0 aromatic rings. The lowest BCUT2D eigenvalue weighted by atomic mass is 9.85. The Morgan fingerprint density at radius 2 is 1.93 bits per heavy atom. The Morgan fingerprint density at radius 1 is 1.12 bits per heavy atom. The molecule has 0 saturated carbocycles. The molecule has 5 rings (SSSR count). The van der Waals surface area contributed by atoms with Crippen LogP contribution in [0.25, 0.3) is 0 Å². The van der Waals surface area contributed by atoms with E-state index in [4.69, 9.17) is 14.2 Å². The topological polar surface area (TPSA) is 133 Å². The second-order valence-electron chi connectivity index (χ2n) is 12.7. The third-order valence-electron chi connectivity index (χ3n) is 9.15. The van der Waals surface area contributed by atoms with Gasteiger partial charge < -0.3 is 40.2 Å². The van der Waals surface area contributed by atoms with Crippen molar-refractivity contribution < 1.29 is 34.3 Å². The molecule has 0 radical (unpaired) electrons. The van der Waals surface area contributed by atoms with Crippen LogP contribution in [0.3, 0.4) is 0 Å². The predicted molar refractivity (Wildman–Crippen MR) is 153 cm³/mol. The van der Waals surface area contributed by atoms with E-state index < -0.39 is 41.9 Å². The summed E-state index contributed by atoms with van der Waals surface area (Å²) >= 11 is 1.46. The Labute approximate surface area is 242 Å². The van der Waals surface area contributed by atoms with Crippen LogP contribution in [0.4, 0.5) is 0 Å². The number of hydrogen-bond donors (Lipinski definition) is 5. The van der Waals surface area contributed by atoms with Crippen molar-refractivity contribution in [3.05, 3.63) is 12.2 Å². The van der Waals surface area contributed by atoms with Crippen molar-refractivity contribution >= 4 is 17.7 Å². The van der Waals surface area contributed by atoms with Crippen LogP contribution in [0.1, 0.15) is 39.5 Å². The van der Waals surface area contributed by atoms with E-state index in [1.807, 2.05) is 0 Å². The van der Waals surface area contributed by atoms with Crippen molar-refractivity contribution in [2.24, 2.45) is 23.7 Å². The zero-order valence-corrected chi connectivity index (χ0v) is 24.7. The molecular weight excluding hydrogens is 534 g/mol. The molecule has 4 fully saturated rings. The smallest absolute Gasteiger partial charge is 0.240 e. The maximum absolute atomic E-state index is 13.7. The molecule has 10 nitrogen and oxygen atoms in total. The molecular formula is C29H49N3O7S. The monoisotopic (exact) mass is 583 g/mol. The van der Waals surface area contributed by atoms with Crippen LogP contribution in [0.5, 0.6) is 0 Å². The number of thioether (sulfide) groups is 1. The van der Waals surface area contributed by atoms with Gasteiger partial charge in [0.15, 0.2) is 0 Å². The number of morpholine rings is 1. The van der Waals surface area contributed by atoms with Crippen molar-refractivity contribution in [1.29, 1.82) is 0 Å². The summed E-state index contributed by atoms with van der Waals surface area (Å²) in [4.78, 5) is 16.1. The number of carbonyl (C=O) groups excluding carboxylic acids is 1. The molecule has 5 heterocycles. The van der Waals surface area contributed by atoms with Crippen molar-refractivity contribution in [2.45, 2.75) is 87.6 Å². The summed E-state index contributed by atoms with van der Waals surface area (Å²) < 4.78 is 18.0. The van der Waals surface area contributed by atoms with Gasteiger partial charge in [-0.2, -0.15) is 0 Å². The standard InChI is InChI=1S/C29H49N3O7S/c1-17(2)12-18-6-9-38-26-20(13-18)14-30-22(26)28(36)31-21-5-3-4-19(15-32-7-10-37-11-8-32)16-40-29-25(35)23(33)24(34)27(21)39-29/h3-4,17-27,29-30,33-35H,5-16H2,1-2H3,(H,31,36)/b4-3-/t18-,19-,20-,21+,22-,23-,24+,25+,26+,27+,29+/m0/s1. The fourth-order valence-corrected chi connectivity index (χ4v) is 8.30. The minimum atomic E-state index is -1.35. The van der Waals surface area contributed by atoms with E-state index in [-0.39, 0.29) is 17.9 Å². The van der Waals surface area contributed by atoms with E-state index in [2.05, 4.69) is 41.5 Å². The van der Waals surface area contributed by atoms with Gasteiger partial charge in [-0.25, -0.2) is 0 Å². The van der Waals surface area contributed by atoms with Gasteiger partial charge >= 0.3 is 0 Å². The molecule has 11 atom stereocenters. The molecule has 228 valence electrons. The number of ether oxygens (including phenoxy) is 3. The molecule has 0 unspecified atom stereocenters. The Kier molecular flexibility index (Phi) is 10.8. The van der Waals surface area contributed by atoms with Gasteiger partial charge in [-0.3, -0.25) is 9.69 Å². The first kappa shape index (κ1) is 30.7. The molecule has 5 aliphatic heterocycles. The molecule has 5 aliphatic rings. The second-order valence-corrected chi connectivity index (χ2v) is 13.9. The molecule has 2 bridgehead atoms. The van der Waals surface area contributed by atoms with Gasteiger partial charge in [0.25, 0.3) is 0 Å². The summed E-state index contributed by atoms with van der Waals surface area (Å²) in [5, 5.41) is 38.9. The quantitative estimate of drug-likeness (QED) is 0.279. The largest absolute Gasteiger partial charge is 0.388 e. The van der Waals surface area contributed by atoms with Gasteiger partial charge in [-0.15, -0.1) is 11.8 Å². The summed E-state index contributed by atoms with van der Waals surface area (Å²) in [6.07, 6.45) is 3.05. The number of aliphatic hydroxyl groups excluding tert-OH is 3. The van der Waals surface area contributed by atoms with Gasteiger partial charge in [-0.05, 0) is 49.4 Å². The molecule has 1 amide bonds. The Balaban J connectivity index is 1.28. The number of nitrogens with zero attached hydrogens (tertiary/aromatic N) is 1. The SMILES string of the molecule is CC(C)C[C@@H]1CCO[C@@H]2[C@H](CN[C@@H]2C(=O)N[C@@H]2C/C=C\[C@@H](CN3CCOCC3)CS[C@H]3O[C@H]2[C@H](O)[C@H](O)[C@H]3O)C1. The summed E-state index contributed by atoms with van der Waals surface area (Å²) in [6, 6.07) is -1.04. The molecule has 0 aromatic heterocycles. The highest BCUT2D eigenvalue weighted by molar-refractivity contribution is 7.99. The van der Waals surface area contributed by atoms with E-state index in [0.29, 0.717) is 36.5 Å². The average molecular weight is 584 g/mol. The Bertz CT molecular complexity index is 859. The number of amides is 1. The molecule has 5 N–H and O–H groups in total. The summed E-state index contributed by atoms with van der Waals surface area (Å²) in [7, 11) is 0. The Hall–Kier alpha value is -0.760. The van der Waals surface area contributed by atoms with E-state index in [0.717, 1.165) is 52.2 Å². The lowest BCUT2D eigenvalue weighted by Gasteiger charge is -2.44. The molecule has 11 heteroatoms. The number of carbonyl (C=O) groups is 1. The third kappa shape index (κ3) is 7.41. The molecule has 4 saturated heterocycles. The van der Waals surface area contributed by atoms with Crippen LogP contribution in [-0.4, -0.2) is 126 Å². The summed E-state index contributed by atoms with van der Waals surface area (Å²) in [5.41, 5.74) is -0.696. The van der Waals surface area contributed by atoms with E-state index in [1.54, 1.807) is 0 Å². The van der Waals surface area contributed by atoms with Gasteiger partial charge in [0.05, 0.1) is 25.4 Å². The van der Waals surface area contributed by atoms with Crippen molar-refractivity contribution in [2.75, 3.05) is 51.8 Å². The van der Waals surface area contributed by atoms with Crippen LogP contribution in [0, 0.1) is 23.7 Å². The lowest BCUT2D eigenvalue weighted by molar-refractivity contribution is -0.205. The van der Waals surface area contributed by atoms with Gasteiger partial charge in [-0.1, -0.05) is 26.0 Å². The van der Waals surface area contributed by atoms with Crippen LogP contribution in [0.2, 0.25) is 0 Å². The first-order valence-corrected chi connectivity index (χ1v) is 16.3. The van der Waals surface area contributed by atoms with Gasteiger partial charge in [0.2, 0.25) is 5.91 Å². The van der Waals surface area contributed by atoms with Crippen LogP contribution in [0.15, 0.2) is 12.2 Å².